The molecule has 0 radical (unpaired) electrons. The number of unbranched alkanes of at least 4 members (excludes halogenated alkanes) is 1. The van der Waals surface area contributed by atoms with Gasteiger partial charge in [0.05, 0.1) is 19.4 Å². The van der Waals surface area contributed by atoms with Gasteiger partial charge in [-0.05, 0) is 48.9 Å². The van der Waals surface area contributed by atoms with Crippen molar-refractivity contribution in [1.29, 1.82) is 0 Å². The molecule has 3 rings (SSSR count). The number of rotatable bonds is 9. The van der Waals surface area contributed by atoms with E-state index in [0.29, 0.717) is 23.7 Å². The Balaban J connectivity index is 1.68. The molecule has 0 atom stereocenters. The van der Waals surface area contributed by atoms with Gasteiger partial charge in [-0.2, -0.15) is 5.10 Å². The lowest BCUT2D eigenvalue weighted by atomic mass is 10.1. The molecule has 30 heavy (non-hydrogen) atoms. The first-order valence-corrected chi connectivity index (χ1v) is 9.85. The van der Waals surface area contributed by atoms with E-state index in [9.17, 15) is 9.59 Å². The summed E-state index contributed by atoms with van der Waals surface area (Å²) in [5, 5.41) is 7.11. The summed E-state index contributed by atoms with van der Waals surface area (Å²) in [6, 6.07) is 17.5. The zero-order valence-corrected chi connectivity index (χ0v) is 17.1. The second-order valence-corrected chi connectivity index (χ2v) is 6.69. The maximum atomic E-state index is 12.4. The van der Waals surface area contributed by atoms with Crippen molar-refractivity contribution in [2.24, 2.45) is 0 Å². The fraction of sp³-hybridized carbons (Fsp3) is 0.261. The molecular formula is C23H25N3O4. The molecule has 0 saturated heterocycles. The van der Waals surface area contributed by atoms with Crippen molar-refractivity contribution in [2.45, 2.75) is 26.3 Å². The Bertz CT molecular complexity index is 1040. The molecule has 156 valence electrons. The second kappa shape index (κ2) is 10.2. The molecule has 0 spiro atoms. The molecule has 0 bridgehead atoms. The van der Waals surface area contributed by atoms with Gasteiger partial charge >= 0.3 is 0 Å². The summed E-state index contributed by atoms with van der Waals surface area (Å²) >= 11 is 0. The largest absolute Gasteiger partial charge is 0.496 e. The Morgan fingerprint density at radius 3 is 2.57 bits per heavy atom. The molecule has 1 amide bonds. The minimum atomic E-state index is -0.358. The highest BCUT2D eigenvalue weighted by Crippen LogP contribution is 2.27. The average molecular weight is 407 g/mol. The number of amides is 1. The van der Waals surface area contributed by atoms with E-state index >= 15 is 0 Å². The van der Waals surface area contributed by atoms with Gasteiger partial charge in [0.25, 0.3) is 5.56 Å². The highest BCUT2D eigenvalue weighted by atomic mass is 16.5. The first kappa shape index (κ1) is 21.1. The van der Waals surface area contributed by atoms with Crippen LogP contribution in [0.5, 0.6) is 11.5 Å². The number of methoxy groups -OCH3 is 1. The van der Waals surface area contributed by atoms with Gasteiger partial charge in [0.2, 0.25) is 5.91 Å². The Morgan fingerprint density at radius 2 is 1.83 bits per heavy atom. The molecule has 1 N–H and O–H groups in total. The number of nitrogens with zero attached hydrogens (tertiary/aromatic N) is 2. The van der Waals surface area contributed by atoms with Crippen LogP contribution in [0.1, 0.15) is 19.8 Å². The van der Waals surface area contributed by atoms with Gasteiger partial charge in [-0.15, -0.1) is 0 Å². The third-order valence-electron chi connectivity index (χ3n) is 4.45. The topological polar surface area (TPSA) is 82.4 Å². The smallest absolute Gasteiger partial charge is 0.267 e. The lowest BCUT2D eigenvalue weighted by Gasteiger charge is -2.11. The summed E-state index contributed by atoms with van der Waals surface area (Å²) in [6.07, 6.45) is 2.06. The summed E-state index contributed by atoms with van der Waals surface area (Å²) in [4.78, 5) is 24.6. The number of anilines is 1. The maximum absolute atomic E-state index is 12.4. The van der Waals surface area contributed by atoms with E-state index in [2.05, 4.69) is 17.3 Å². The van der Waals surface area contributed by atoms with Crippen molar-refractivity contribution in [2.75, 3.05) is 19.0 Å². The van der Waals surface area contributed by atoms with Gasteiger partial charge in [0.1, 0.15) is 18.0 Å². The normalized spacial score (nSPS) is 10.5. The van der Waals surface area contributed by atoms with Crippen molar-refractivity contribution in [3.05, 3.63) is 71.0 Å². The minimum absolute atomic E-state index is 0.198. The maximum Gasteiger partial charge on any atom is 0.267 e. The van der Waals surface area contributed by atoms with Gasteiger partial charge < -0.3 is 14.8 Å². The molecule has 2 aromatic carbocycles. The molecule has 1 heterocycles. The number of ether oxygens (including phenoxy) is 2. The van der Waals surface area contributed by atoms with Gasteiger partial charge in [-0.3, -0.25) is 9.59 Å². The Hall–Kier alpha value is -3.61. The zero-order chi connectivity index (χ0) is 21.3. The number of carbonyl (C=O) groups is 1. The fourth-order valence-corrected chi connectivity index (χ4v) is 2.87. The predicted octanol–water partition coefficient (Wildman–Crippen LogP) is 3.74. The quantitative estimate of drug-likeness (QED) is 0.547. The monoisotopic (exact) mass is 407 g/mol. The molecule has 0 fully saturated rings. The number of para-hydroxylation sites is 1. The van der Waals surface area contributed by atoms with Crippen LogP contribution in [-0.2, 0) is 11.3 Å². The number of nitrogens with one attached hydrogen (secondary N) is 1. The Kier molecular flexibility index (Phi) is 7.21. The molecule has 1 aromatic heterocycles. The fourth-order valence-electron chi connectivity index (χ4n) is 2.87. The van der Waals surface area contributed by atoms with Crippen molar-refractivity contribution < 1.29 is 14.3 Å². The highest BCUT2D eigenvalue weighted by Gasteiger charge is 2.11. The van der Waals surface area contributed by atoms with Crippen LogP contribution in [0.4, 0.5) is 5.69 Å². The highest BCUT2D eigenvalue weighted by molar-refractivity contribution is 5.90. The third-order valence-corrected chi connectivity index (χ3v) is 4.45. The van der Waals surface area contributed by atoms with E-state index in [1.807, 2.05) is 24.3 Å². The molecule has 0 unspecified atom stereocenters. The third kappa shape index (κ3) is 5.47. The van der Waals surface area contributed by atoms with Gasteiger partial charge in [0.15, 0.2) is 0 Å². The van der Waals surface area contributed by atoms with Crippen molar-refractivity contribution >= 4 is 11.6 Å². The van der Waals surface area contributed by atoms with E-state index < -0.39 is 0 Å². The predicted molar refractivity (Wildman–Crippen MR) is 116 cm³/mol. The van der Waals surface area contributed by atoms with Gasteiger partial charge in [-0.1, -0.05) is 25.5 Å². The molecule has 7 heteroatoms. The van der Waals surface area contributed by atoms with E-state index in [-0.39, 0.29) is 18.0 Å². The van der Waals surface area contributed by atoms with Crippen molar-refractivity contribution in [3.8, 4) is 22.8 Å². The summed E-state index contributed by atoms with van der Waals surface area (Å²) in [5.41, 5.74) is 1.56. The summed E-state index contributed by atoms with van der Waals surface area (Å²) in [5.74, 6) is 1.05. The van der Waals surface area contributed by atoms with Crippen LogP contribution in [-0.4, -0.2) is 29.4 Å². The van der Waals surface area contributed by atoms with Crippen LogP contribution in [0.3, 0.4) is 0 Å². The standard InChI is InChI=1S/C23H25N3O4/c1-3-4-15-30-18-11-9-17(10-12-18)24-22(27)16-26-23(28)14-13-20(25-26)19-7-5-6-8-21(19)29-2/h5-14H,3-4,15-16H2,1-2H3,(H,24,27). The van der Waals surface area contributed by atoms with Crippen LogP contribution in [0.25, 0.3) is 11.3 Å². The Morgan fingerprint density at radius 1 is 1.07 bits per heavy atom. The van der Waals surface area contributed by atoms with Gasteiger partial charge in [-0.25, -0.2) is 4.68 Å². The molecule has 0 aliphatic carbocycles. The minimum Gasteiger partial charge on any atom is -0.496 e. The van der Waals surface area contributed by atoms with E-state index in [4.69, 9.17) is 9.47 Å². The number of hydrogen-bond donors (Lipinski definition) is 1. The number of carbonyl (C=O) groups excluding carboxylic acids is 1. The summed E-state index contributed by atoms with van der Waals surface area (Å²) in [6.45, 7) is 2.57. The van der Waals surface area contributed by atoms with Gasteiger partial charge in [0, 0.05) is 17.3 Å². The summed E-state index contributed by atoms with van der Waals surface area (Å²) < 4.78 is 12.1. The lowest BCUT2D eigenvalue weighted by Crippen LogP contribution is -2.29. The Labute approximate surface area is 175 Å². The number of aromatic nitrogens is 2. The van der Waals surface area contributed by atoms with Crippen molar-refractivity contribution in [3.63, 3.8) is 0 Å². The first-order valence-electron chi connectivity index (χ1n) is 9.85. The van der Waals surface area contributed by atoms with Crippen molar-refractivity contribution in [1.82, 2.24) is 9.78 Å². The second-order valence-electron chi connectivity index (χ2n) is 6.69. The van der Waals surface area contributed by atoms with Crippen LogP contribution >= 0.6 is 0 Å². The number of benzene rings is 2. The number of hydrogen-bond acceptors (Lipinski definition) is 5. The molecule has 3 aromatic rings. The SMILES string of the molecule is CCCCOc1ccc(NC(=O)Cn2nc(-c3ccccc3OC)ccc2=O)cc1. The average Bonchev–Trinajstić information content (AvgIpc) is 2.76. The van der Waals surface area contributed by atoms with E-state index in [0.717, 1.165) is 28.8 Å². The first-order chi connectivity index (χ1) is 14.6. The van der Waals surface area contributed by atoms with E-state index in [1.54, 1.807) is 37.4 Å². The van der Waals surface area contributed by atoms with Crippen LogP contribution in [0.15, 0.2) is 65.5 Å². The molecular weight excluding hydrogens is 382 g/mol. The van der Waals surface area contributed by atoms with Crippen LogP contribution < -0.4 is 20.3 Å². The molecule has 0 aliphatic heterocycles. The lowest BCUT2D eigenvalue weighted by molar-refractivity contribution is -0.117. The molecule has 0 aliphatic rings. The zero-order valence-electron chi connectivity index (χ0n) is 17.1. The summed E-state index contributed by atoms with van der Waals surface area (Å²) in [7, 11) is 1.57. The van der Waals surface area contributed by atoms with E-state index in [1.165, 1.54) is 6.07 Å². The molecule has 0 saturated carbocycles. The van der Waals surface area contributed by atoms with Crippen LogP contribution in [0.2, 0.25) is 0 Å². The molecule has 7 nitrogen and oxygen atoms in total. The van der Waals surface area contributed by atoms with Crippen LogP contribution in [0, 0.1) is 0 Å².